The van der Waals surface area contributed by atoms with Crippen LogP contribution in [-0.2, 0) is 0 Å². The molecule has 0 unspecified atom stereocenters. The average Bonchev–Trinajstić information content (AvgIpc) is 2.97. The number of aryl methyl sites for hydroxylation is 1. The summed E-state index contributed by atoms with van der Waals surface area (Å²) >= 11 is 0. The van der Waals surface area contributed by atoms with Crippen LogP contribution in [0.25, 0.3) is 6.08 Å². The molecule has 1 N–H and O–H groups in total. The Morgan fingerprint density at radius 3 is 2.40 bits per heavy atom. The molecule has 6 nitrogen and oxygen atoms in total. The van der Waals surface area contributed by atoms with Gasteiger partial charge < -0.3 is 14.9 Å². The Morgan fingerprint density at radius 1 is 1.24 bits per heavy atom. The fourth-order valence-electron chi connectivity index (χ4n) is 2.54. The second kappa shape index (κ2) is 9.44. The molecule has 0 saturated carbocycles. The summed E-state index contributed by atoms with van der Waals surface area (Å²) in [6.07, 6.45) is 1.69. The Morgan fingerprint density at radius 2 is 1.88 bits per heavy atom. The molecule has 1 aromatic heterocycles. The number of hydrogen-bond donors (Lipinski definition) is 1. The zero-order chi connectivity index (χ0) is 19.1. The molecule has 1 aromatic rings. The van der Waals surface area contributed by atoms with Gasteiger partial charge in [0.15, 0.2) is 0 Å². The molecule has 1 amide bonds. The number of amides is 1. The molecule has 0 fully saturated rings. The number of nitrogens with zero attached hydrogens (tertiary/aromatic N) is 4. The van der Waals surface area contributed by atoms with Crippen LogP contribution in [0.1, 0.15) is 28.7 Å². The molecule has 0 aliphatic heterocycles. The molecule has 0 aromatic carbocycles. The highest BCUT2D eigenvalue weighted by Crippen LogP contribution is 2.14. The first-order valence-corrected chi connectivity index (χ1v) is 8.59. The molecule has 6 heteroatoms. The minimum Gasteiger partial charge on any atom is -0.359 e. The second-order valence-electron chi connectivity index (χ2n) is 6.52. The molecule has 1 rings (SSSR count). The van der Waals surface area contributed by atoms with Crippen LogP contribution < -0.4 is 0 Å². The van der Waals surface area contributed by atoms with Crippen LogP contribution in [0.2, 0.25) is 0 Å². The number of hydrogen-bond acceptors (Lipinski definition) is 4. The van der Waals surface area contributed by atoms with Gasteiger partial charge in [0.2, 0.25) is 0 Å². The van der Waals surface area contributed by atoms with E-state index in [0.29, 0.717) is 12.1 Å². The van der Waals surface area contributed by atoms with E-state index < -0.39 is 0 Å². The molecule has 1 heterocycles. The van der Waals surface area contributed by atoms with Gasteiger partial charge in [0.1, 0.15) is 0 Å². The van der Waals surface area contributed by atoms with Gasteiger partial charge in [-0.05, 0) is 25.6 Å². The second-order valence-corrected chi connectivity index (χ2v) is 6.52. The van der Waals surface area contributed by atoms with E-state index in [1.807, 2.05) is 51.2 Å². The highest BCUT2D eigenvalue weighted by atomic mass is 16.2. The number of H-pyrrole nitrogens is 1. The zero-order valence-electron chi connectivity index (χ0n) is 16.6. The summed E-state index contributed by atoms with van der Waals surface area (Å²) in [5.74, 6) is 0.0135. The van der Waals surface area contributed by atoms with Crippen molar-refractivity contribution in [1.82, 2.24) is 24.8 Å². The Bertz CT molecular complexity index is 605. The summed E-state index contributed by atoms with van der Waals surface area (Å²) in [6, 6.07) is 1.88. The number of carbonyl (C=O) groups is 1. The van der Waals surface area contributed by atoms with Crippen molar-refractivity contribution in [2.24, 2.45) is 0 Å². The Labute approximate surface area is 152 Å². The van der Waals surface area contributed by atoms with Gasteiger partial charge in [0.25, 0.3) is 5.91 Å². The van der Waals surface area contributed by atoms with Gasteiger partial charge in [-0.15, -0.1) is 0 Å². The first-order chi connectivity index (χ1) is 11.7. The van der Waals surface area contributed by atoms with Crippen LogP contribution in [0.3, 0.4) is 0 Å². The number of hydrazine groups is 1. The number of aromatic nitrogens is 1. The minimum atomic E-state index is 0.0135. The van der Waals surface area contributed by atoms with E-state index in [2.05, 4.69) is 30.0 Å². The molecule has 0 saturated heterocycles. The van der Waals surface area contributed by atoms with Crippen molar-refractivity contribution in [2.45, 2.75) is 13.8 Å². The van der Waals surface area contributed by atoms with Crippen LogP contribution in [0.5, 0.6) is 0 Å². The first-order valence-electron chi connectivity index (χ1n) is 8.59. The van der Waals surface area contributed by atoms with Crippen LogP contribution >= 0.6 is 0 Å². The van der Waals surface area contributed by atoms with Gasteiger partial charge in [-0.25, -0.2) is 5.01 Å². The Kier molecular flexibility index (Phi) is 7.93. The Hall–Kier alpha value is -2.05. The summed E-state index contributed by atoms with van der Waals surface area (Å²) in [5.41, 5.74) is 3.44. The van der Waals surface area contributed by atoms with Gasteiger partial charge >= 0.3 is 0 Å². The molecule has 0 spiro atoms. The molecule has 0 aliphatic rings. The smallest absolute Gasteiger partial charge is 0.255 e. The third-order valence-corrected chi connectivity index (χ3v) is 4.43. The summed E-state index contributed by atoms with van der Waals surface area (Å²) < 4.78 is 0. The van der Waals surface area contributed by atoms with E-state index in [4.69, 9.17) is 0 Å². The monoisotopic (exact) mass is 347 g/mol. The quantitative estimate of drug-likeness (QED) is 0.660. The third-order valence-electron chi connectivity index (χ3n) is 4.43. The molecular formula is C19H33N5O. The first kappa shape index (κ1) is 21.0. The lowest BCUT2D eigenvalue weighted by Gasteiger charge is -2.32. The standard InChI is InChI=1S/C19H33N5O/c1-9-18-17(13-15(3)20-18)19(25)22(7)11-12-24(10-2)14-16(4)23(8)21(5)6/h9,13,20H,1,4,10-12,14H2,2-3,5-8H3. The van der Waals surface area contributed by atoms with Gasteiger partial charge in [-0.3, -0.25) is 9.69 Å². The lowest BCUT2D eigenvalue weighted by Crippen LogP contribution is -2.41. The van der Waals surface area contributed by atoms with Crippen LogP contribution in [0.4, 0.5) is 0 Å². The predicted molar refractivity (Wildman–Crippen MR) is 105 cm³/mol. The van der Waals surface area contributed by atoms with Crippen molar-refractivity contribution in [3.63, 3.8) is 0 Å². The van der Waals surface area contributed by atoms with Gasteiger partial charge in [-0.2, -0.15) is 0 Å². The maximum atomic E-state index is 12.7. The van der Waals surface area contributed by atoms with Crippen molar-refractivity contribution in [2.75, 3.05) is 54.4 Å². The molecule has 0 radical (unpaired) electrons. The highest BCUT2D eigenvalue weighted by Gasteiger charge is 2.18. The van der Waals surface area contributed by atoms with Crippen molar-refractivity contribution < 1.29 is 4.79 Å². The average molecular weight is 348 g/mol. The van der Waals surface area contributed by atoms with Crippen molar-refractivity contribution in [1.29, 1.82) is 0 Å². The molecule has 140 valence electrons. The number of likely N-dealkylation sites (N-methyl/N-ethyl adjacent to an activating group) is 3. The normalized spacial score (nSPS) is 11.0. The molecule has 0 atom stereocenters. The SMILES string of the molecule is C=Cc1[nH]c(C)cc1C(=O)N(C)CCN(CC)CC(=C)N(C)N(C)C. The molecule has 0 bridgehead atoms. The highest BCUT2D eigenvalue weighted by molar-refractivity contribution is 5.97. The maximum absolute atomic E-state index is 12.7. The Balaban J connectivity index is 2.63. The lowest BCUT2D eigenvalue weighted by atomic mass is 10.2. The van der Waals surface area contributed by atoms with Crippen LogP contribution in [-0.4, -0.2) is 85.1 Å². The van der Waals surface area contributed by atoms with E-state index in [9.17, 15) is 4.79 Å². The van der Waals surface area contributed by atoms with E-state index in [0.717, 1.165) is 36.7 Å². The van der Waals surface area contributed by atoms with Crippen molar-refractivity contribution >= 4 is 12.0 Å². The van der Waals surface area contributed by atoms with Crippen molar-refractivity contribution in [3.05, 3.63) is 41.9 Å². The number of rotatable bonds is 10. The fourth-order valence-corrected chi connectivity index (χ4v) is 2.54. The van der Waals surface area contributed by atoms with E-state index in [1.165, 1.54) is 0 Å². The van der Waals surface area contributed by atoms with Crippen LogP contribution in [0.15, 0.2) is 24.9 Å². The number of aromatic amines is 1. The summed E-state index contributed by atoms with van der Waals surface area (Å²) in [6.45, 7) is 15.1. The largest absolute Gasteiger partial charge is 0.359 e. The summed E-state index contributed by atoms with van der Waals surface area (Å²) in [7, 11) is 7.82. The summed E-state index contributed by atoms with van der Waals surface area (Å²) in [5, 5.41) is 4.02. The van der Waals surface area contributed by atoms with Crippen LogP contribution in [0, 0.1) is 6.92 Å². The van der Waals surface area contributed by atoms with Gasteiger partial charge in [0.05, 0.1) is 11.3 Å². The topological polar surface area (TPSA) is 45.8 Å². The maximum Gasteiger partial charge on any atom is 0.255 e. The predicted octanol–water partition coefficient (Wildman–Crippen LogP) is 2.28. The van der Waals surface area contributed by atoms with Gasteiger partial charge in [-0.1, -0.05) is 20.1 Å². The van der Waals surface area contributed by atoms with E-state index in [1.54, 1.807) is 11.0 Å². The van der Waals surface area contributed by atoms with E-state index >= 15 is 0 Å². The number of carbonyl (C=O) groups excluding carboxylic acids is 1. The van der Waals surface area contributed by atoms with Crippen molar-refractivity contribution in [3.8, 4) is 0 Å². The third kappa shape index (κ3) is 5.76. The lowest BCUT2D eigenvalue weighted by molar-refractivity contribution is 0.0752. The molecular weight excluding hydrogens is 314 g/mol. The zero-order valence-corrected chi connectivity index (χ0v) is 16.6. The van der Waals surface area contributed by atoms with Gasteiger partial charge in [0, 0.05) is 59.2 Å². The fraction of sp³-hybridized carbons (Fsp3) is 0.526. The molecule has 25 heavy (non-hydrogen) atoms. The minimum absolute atomic E-state index is 0.0135. The molecule has 0 aliphatic carbocycles. The summed E-state index contributed by atoms with van der Waals surface area (Å²) in [4.78, 5) is 19.9. The van der Waals surface area contributed by atoms with E-state index in [-0.39, 0.29) is 5.91 Å². The number of nitrogens with one attached hydrogen (secondary N) is 1.